The number of carbonyl (C=O) groups is 1. The molecule has 2 rings (SSSR count). The number of rotatable bonds is 4. The molecule has 1 aromatic rings. The molecule has 0 saturated heterocycles. The largest absolute Gasteiger partial charge is 0.349 e. The normalized spacial score (nSPS) is 27.1. The highest BCUT2D eigenvalue weighted by molar-refractivity contribution is 6.30. The predicted octanol–water partition coefficient (Wildman–Crippen LogP) is 3.67. The number of hydrogen-bond acceptors (Lipinski definition) is 2. The van der Waals surface area contributed by atoms with Crippen molar-refractivity contribution in [1.29, 1.82) is 0 Å². The molecule has 0 aromatic heterocycles. The summed E-state index contributed by atoms with van der Waals surface area (Å²) < 4.78 is 0. The Morgan fingerprint density at radius 1 is 1.48 bits per heavy atom. The average Bonchev–Trinajstić information content (AvgIpc) is 2.48. The standard InChI is InChI=1S/C17H25ClN2O/c1-12-6-8-17(11-19,9-7-12)16(21)20-13(2)14-4-3-5-15(18)10-14/h3-5,10,12-13H,6-9,11,19H2,1-2H3,(H,20,21)/t12?,13-,17?/m0/s1. The molecule has 0 aliphatic heterocycles. The van der Waals surface area contributed by atoms with Crippen LogP contribution in [-0.2, 0) is 4.79 Å². The highest BCUT2D eigenvalue weighted by Crippen LogP contribution is 2.38. The fraction of sp³-hybridized carbons (Fsp3) is 0.588. The average molecular weight is 309 g/mol. The molecular formula is C17H25ClN2O. The molecule has 0 spiro atoms. The first-order valence-electron chi connectivity index (χ1n) is 7.73. The summed E-state index contributed by atoms with van der Waals surface area (Å²) in [6.07, 6.45) is 3.93. The van der Waals surface area contributed by atoms with Crippen LogP contribution in [0.2, 0.25) is 5.02 Å². The Morgan fingerprint density at radius 3 is 2.71 bits per heavy atom. The van der Waals surface area contributed by atoms with Crippen molar-refractivity contribution in [3.8, 4) is 0 Å². The zero-order valence-corrected chi connectivity index (χ0v) is 13.6. The van der Waals surface area contributed by atoms with Crippen LogP contribution >= 0.6 is 11.6 Å². The molecule has 3 nitrogen and oxygen atoms in total. The van der Waals surface area contributed by atoms with E-state index in [0.717, 1.165) is 31.2 Å². The zero-order valence-electron chi connectivity index (χ0n) is 12.9. The molecule has 1 aromatic carbocycles. The summed E-state index contributed by atoms with van der Waals surface area (Å²) >= 11 is 6.01. The Balaban J connectivity index is 2.05. The Labute approximate surface area is 132 Å². The number of hydrogen-bond donors (Lipinski definition) is 2. The molecule has 116 valence electrons. The quantitative estimate of drug-likeness (QED) is 0.891. The monoisotopic (exact) mass is 308 g/mol. The molecular weight excluding hydrogens is 284 g/mol. The van der Waals surface area contributed by atoms with E-state index in [-0.39, 0.29) is 17.4 Å². The van der Waals surface area contributed by atoms with E-state index in [4.69, 9.17) is 17.3 Å². The van der Waals surface area contributed by atoms with Gasteiger partial charge in [0.15, 0.2) is 0 Å². The molecule has 1 fully saturated rings. The molecule has 0 unspecified atom stereocenters. The fourth-order valence-corrected chi connectivity index (χ4v) is 3.25. The van der Waals surface area contributed by atoms with Crippen molar-refractivity contribution in [3.63, 3.8) is 0 Å². The van der Waals surface area contributed by atoms with Crippen LogP contribution in [0.5, 0.6) is 0 Å². The van der Waals surface area contributed by atoms with E-state index < -0.39 is 0 Å². The van der Waals surface area contributed by atoms with E-state index in [9.17, 15) is 4.79 Å². The lowest BCUT2D eigenvalue weighted by atomic mass is 9.70. The molecule has 4 heteroatoms. The van der Waals surface area contributed by atoms with Gasteiger partial charge in [-0.3, -0.25) is 4.79 Å². The molecule has 0 bridgehead atoms. The third-order valence-electron chi connectivity index (χ3n) is 4.80. The second-order valence-electron chi connectivity index (χ2n) is 6.42. The molecule has 1 aliphatic rings. The van der Waals surface area contributed by atoms with E-state index >= 15 is 0 Å². The molecule has 1 atom stereocenters. The Kier molecular flexibility index (Phi) is 5.28. The Morgan fingerprint density at radius 2 is 2.14 bits per heavy atom. The van der Waals surface area contributed by atoms with Crippen molar-refractivity contribution >= 4 is 17.5 Å². The molecule has 0 radical (unpaired) electrons. The van der Waals surface area contributed by atoms with Crippen molar-refractivity contribution in [3.05, 3.63) is 34.9 Å². The van der Waals surface area contributed by atoms with Gasteiger partial charge in [-0.15, -0.1) is 0 Å². The van der Waals surface area contributed by atoms with Crippen LogP contribution in [0.4, 0.5) is 0 Å². The zero-order chi connectivity index (χ0) is 15.5. The van der Waals surface area contributed by atoms with Gasteiger partial charge in [0.1, 0.15) is 0 Å². The summed E-state index contributed by atoms with van der Waals surface area (Å²) in [4.78, 5) is 12.7. The first-order valence-corrected chi connectivity index (χ1v) is 8.11. The van der Waals surface area contributed by atoms with Crippen LogP contribution in [0.3, 0.4) is 0 Å². The lowest BCUT2D eigenvalue weighted by molar-refractivity contribution is -0.133. The maximum absolute atomic E-state index is 12.7. The summed E-state index contributed by atoms with van der Waals surface area (Å²) in [6.45, 7) is 4.65. The maximum Gasteiger partial charge on any atom is 0.227 e. The second kappa shape index (κ2) is 6.80. The topological polar surface area (TPSA) is 55.1 Å². The van der Waals surface area contributed by atoms with Gasteiger partial charge in [-0.05, 0) is 56.2 Å². The third-order valence-corrected chi connectivity index (χ3v) is 5.04. The van der Waals surface area contributed by atoms with Crippen molar-refractivity contribution in [2.75, 3.05) is 6.54 Å². The summed E-state index contributed by atoms with van der Waals surface area (Å²) in [7, 11) is 0. The minimum atomic E-state index is -0.390. The van der Waals surface area contributed by atoms with Crippen LogP contribution in [0.15, 0.2) is 24.3 Å². The fourth-order valence-electron chi connectivity index (χ4n) is 3.05. The van der Waals surface area contributed by atoms with Gasteiger partial charge < -0.3 is 11.1 Å². The Hall–Kier alpha value is -1.06. The lowest BCUT2D eigenvalue weighted by Crippen LogP contribution is -2.48. The lowest BCUT2D eigenvalue weighted by Gasteiger charge is -2.38. The summed E-state index contributed by atoms with van der Waals surface area (Å²) in [5.74, 6) is 0.784. The van der Waals surface area contributed by atoms with Crippen LogP contribution in [-0.4, -0.2) is 12.5 Å². The van der Waals surface area contributed by atoms with Crippen LogP contribution in [0, 0.1) is 11.3 Å². The van der Waals surface area contributed by atoms with Crippen LogP contribution in [0.1, 0.15) is 51.1 Å². The van der Waals surface area contributed by atoms with Gasteiger partial charge in [-0.2, -0.15) is 0 Å². The van der Waals surface area contributed by atoms with Crippen LogP contribution in [0.25, 0.3) is 0 Å². The van der Waals surface area contributed by atoms with Crippen LogP contribution < -0.4 is 11.1 Å². The van der Waals surface area contributed by atoms with Gasteiger partial charge in [0.05, 0.1) is 11.5 Å². The minimum Gasteiger partial charge on any atom is -0.349 e. The van der Waals surface area contributed by atoms with Gasteiger partial charge >= 0.3 is 0 Å². The highest BCUT2D eigenvalue weighted by atomic mass is 35.5. The molecule has 3 N–H and O–H groups in total. The molecule has 1 aliphatic carbocycles. The SMILES string of the molecule is CC1CCC(CN)(C(=O)N[C@@H](C)c2cccc(Cl)c2)CC1. The predicted molar refractivity (Wildman–Crippen MR) is 87.1 cm³/mol. The van der Waals surface area contributed by atoms with E-state index in [1.165, 1.54) is 0 Å². The molecule has 21 heavy (non-hydrogen) atoms. The number of carbonyl (C=O) groups excluding carboxylic acids is 1. The summed E-state index contributed by atoms with van der Waals surface area (Å²) in [5, 5.41) is 3.81. The third kappa shape index (κ3) is 3.78. The smallest absolute Gasteiger partial charge is 0.227 e. The van der Waals surface area contributed by atoms with Crippen molar-refractivity contribution < 1.29 is 4.79 Å². The van der Waals surface area contributed by atoms with E-state index in [1.54, 1.807) is 0 Å². The minimum absolute atomic E-state index is 0.0565. The van der Waals surface area contributed by atoms with Gasteiger partial charge in [0.2, 0.25) is 5.91 Å². The number of halogens is 1. The molecule has 1 amide bonds. The molecule has 0 heterocycles. The van der Waals surface area contributed by atoms with Gasteiger partial charge in [-0.25, -0.2) is 0 Å². The first kappa shape index (κ1) is 16.3. The number of nitrogens with two attached hydrogens (primary N) is 1. The maximum atomic E-state index is 12.7. The van der Waals surface area contributed by atoms with Crippen molar-refractivity contribution in [1.82, 2.24) is 5.32 Å². The highest BCUT2D eigenvalue weighted by Gasteiger charge is 2.40. The Bertz CT molecular complexity index is 495. The number of nitrogens with one attached hydrogen (secondary N) is 1. The van der Waals surface area contributed by atoms with Crippen molar-refractivity contribution in [2.45, 2.75) is 45.6 Å². The summed E-state index contributed by atoms with van der Waals surface area (Å²) in [6, 6.07) is 7.56. The molecule has 1 saturated carbocycles. The first-order chi connectivity index (χ1) is 9.97. The summed E-state index contributed by atoms with van der Waals surface area (Å²) in [5.41, 5.74) is 6.57. The van der Waals surface area contributed by atoms with E-state index in [0.29, 0.717) is 17.5 Å². The van der Waals surface area contributed by atoms with Gasteiger partial charge in [0.25, 0.3) is 0 Å². The second-order valence-corrected chi connectivity index (χ2v) is 6.85. The van der Waals surface area contributed by atoms with Crippen molar-refractivity contribution in [2.24, 2.45) is 17.1 Å². The van der Waals surface area contributed by atoms with Gasteiger partial charge in [0, 0.05) is 11.6 Å². The van der Waals surface area contributed by atoms with Gasteiger partial charge in [-0.1, -0.05) is 30.7 Å². The van der Waals surface area contributed by atoms with E-state index in [1.807, 2.05) is 31.2 Å². The number of benzene rings is 1. The van der Waals surface area contributed by atoms with E-state index in [2.05, 4.69) is 12.2 Å². The number of amides is 1.